The Balaban J connectivity index is 0.000000324. The lowest BCUT2D eigenvalue weighted by molar-refractivity contribution is -0.193. The number of carboxylic acids is 2. The molecule has 0 aromatic carbocycles. The highest BCUT2D eigenvalue weighted by Gasteiger charge is 2.38. The summed E-state index contributed by atoms with van der Waals surface area (Å²) in [6, 6.07) is 0. The van der Waals surface area contributed by atoms with Crippen LogP contribution in [0.25, 0.3) is 0 Å². The first-order chi connectivity index (χ1) is 15.2. The molecule has 1 fully saturated rings. The van der Waals surface area contributed by atoms with E-state index in [-0.39, 0.29) is 0 Å². The number of nitrogens with one attached hydrogen (secondary N) is 1. The summed E-state index contributed by atoms with van der Waals surface area (Å²) in [5.41, 5.74) is 2.51. The van der Waals surface area contributed by atoms with Crippen LogP contribution in [0.2, 0.25) is 0 Å². The molecule has 0 radical (unpaired) electrons. The van der Waals surface area contributed by atoms with E-state index >= 15 is 0 Å². The number of halogens is 6. The van der Waals surface area contributed by atoms with Crippen LogP contribution in [-0.4, -0.2) is 77.0 Å². The number of imidazole rings is 1. The van der Waals surface area contributed by atoms with Crippen molar-refractivity contribution in [3.63, 3.8) is 0 Å². The number of alkyl halides is 6. The molecule has 1 aromatic heterocycles. The van der Waals surface area contributed by atoms with Crippen LogP contribution in [0.3, 0.4) is 0 Å². The van der Waals surface area contributed by atoms with E-state index in [4.69, 9.17) is 29.3 Å². The zero-order valence-electron chi connectivity index (χ0n) is 17.6. The highest BCUT2D eigenvalue weighted by atomic mass is 19.4. The third kappa shape index (κ3) is 10.4. The van der Waals surface area contributed by atoms with Crippen molar-refractivity contribution in [1.82, 2.24) is 14.9 Å². The van der Waals surface area contributed by atoms with Crippen LogP contribution in [0.15, 0.2) is 6.33 Å². The van der Waals surface area contributed by atoms with Gasteiger partial charge in [0.2, 0.25) is 0 Å². The first kappa shape index (κ1) is 28.6. The normalized spacial score (nSPS) is 18.8. The van der Waals surface area contributed by atoms with Gasteiger partial charge in [-0.3, -0.25) is 0 Å². The van der Waals surface area contributed by atoms with Gasteiger partial charge in [-0.25, -0.2) is 14.6 Å². The summed E-state index contributed by atoms with van der Waals surface area (Å²) in [5, 5.41) is 17.7. The smallest absolute Gasteiger partial charge is 0.475 e. The SMILES string of the molecule is Cn1cnc2c1C(COCC1CCOCC1)CNC2.O=C(O)C(F)(F)F.O=C(O)C(F)(F)F. The molecule has 0 spiro atoms. The molecule has 1 unspecified atom stereocenters. The van der Waals surface area contributed by atoms with Crippen molar-refractivity contribution in [1.29, 1.82) is 0 Å². The number of aryl methyl sites for hydroxylation is 1. The first-order valence-corrected chi connectivity index (χ1v) is 9.70. The molecule has 9 nitrogen and oxygen atoms in total. The molecule has 2 aliphatic rings. The molecule has 2 aliphatic heterocycles. The van der Waals surface area contributed by atoms with Gasteiger partial charge in [0.1, 0.15) is 0 Å². The highest BCUT2D eigenvalue weighted by molar-refractivity contribution is 5.73. The Morgan fingerprint density at radius 1 is 1.12 bits per heavy atom. The Bertz CT molecular complexity index is 738. The summed E-state index contributed by atoms with van der Waals surface area (Å²) in [4.78, 5) is 22.2. The van der Waals surface area contributed by atoms with Gasteiger partial charge in [0.15, 0.2) is 0 Å². The molecule has 3 N–H and O–H groups in total. The van der Waals surface area contributed by atoms with Crippen LogP contribution in [0.1, 0.15) is 30.1 Å². The predicted molar refractivity (Wildman–Crippen MR) is 99.4 cm³/mol. The van der Waals surface area contributed by atoms with E-state index < -0.39 is 24.3 Å². The van der Waals surface area contributed by atoms with E-state index in [0.717, 1.165) is 52.4 Å². The lowest BCUT2D eigenvalue weighted by Crippen LogP contribution is -2.32. The molecule has 190 valence electrons. The molecule has 0 aliphatic carbocycles. The van der Waals surface area contributed by atoms with Crippen molar-refractivity contribution < 1.29 is 55.6 Å². The number of aliphatic carboxylic acids is 2. The third-order valence-corrected chi connectivity index (χ3v) is 4.63. The molecule has 15 heteroatoms. The minimum atomic E-state index is -5.08. The Morgan fingerprint density at radius 3 is 2.12 bits per heavy atom. The van der Waals surface area contributed by atoms with Crippen molar-refractivity contribution in [3.05, 3.63) is 17.7 Å². The number of aromatic nitrogens is 2. The average molecular weight is 493 g/mol. The van der Waals surface area contributed by atoms with Gasteiger partial charge in [-0.15, -0.1) is 0 Å². The maximum absolute atomic E-state index is 10.6. The number of rotatable bonds is 4. The molecule has 3 rings (SSSR count). The highest BCUT2D eigenvalue weighted by Crippen LogP contribution is 2.23. The van der Waals surface area contributed by atoms with Crippen molar-refractivity contribution >= 4 is 11.9 Å². The minimum absolute atomic E-state index is 0.427. The summed E-state index contributed by atoms with van der Waals surface area (Å²) >= 11 is 0. The number of hydrogen-bond acceptors (Lipinski definition) is 6. The van der Waals surface area contributed by atoms with E-state index in [0.29, 0.717) is 11.8 Å². The Kier molecular flexibility index (Phi) is 11.1. The second-order valence-corrected chi connectivity index (χ2v) is 7.21. The summed E-state index contributed by atoms with van der Waals surface area (Å²) < 4.78 is 76.9. The van der Waals surface area contributed by atoms with Gasteiger partial charge in [0.25, 0.3) is 0 Å². The fourth-order valence-corrected chi connectivity index (χ4v) is 3.04. The number of fused-ring (bicyclic) bond motifs is 1. The largest absolute Gasteiger partial charge is 0.490 e. The molecular weight excluding hydrogens is 468 g/mol. The van der Waals surface area contributed by atoms with Gasteiger partial charge < -0.3 is 29.6 Å². The molecule has 0 bridgehead atoms. The van der Waals surface area contributed by atoms with Crippen LogP contribution in [0, 0.1) is 5.92 Å². The van der Waals surface area contributed by atoms with Gasteiger partial charge >= 0.3 is 24.3 Å². The molecule has 1 saturated heterocycles. The predicted octanol–water partition coefficient (Wildman–Crippen LogP) is 2.32. The monoisotopic (exact) mass is 493 g/mol. The topological polar surface area (TPSA) is 123 Å². The second kappa shape index (κ2) is 12.7. The summed E-state index contributed by atoms with van der Waals surface area (Å²) in [6.07, 6.45) is -5.98. The lowest BCUT2D eigenvalue weighted by Gasteiger charge is -2.26. The molecule has 3 heterocycles. The van der Waals surface area contributed by atoms with Crippen LogP contribution in [0.4, 0.5) is 26.3 Å². The second-order valence-electron chi connectivity index (χ2n) is 7.21. The lowest BCUT2D eigenvalue weighted by atomic mass is 10.00. The maximum Gasteiger partial charge on any atom is 0.490 e. The fraction of sp³-hybridized carbons (Fsp3) is 0.722. The minimum Gasteiger partial charge on any atom is -0.475 e. The van der Waals surface area contributed by atoms with Gasteiger partial charge in [0.05, 0.1) is 18.6 Å². The Labute approximate surface area is 184 Å². The molecule has 0 amide bonds. The van der Waals surface area contributed by atoms with E-state index in [1.165, 1.54) is 11.4 Å². The molecule has 1 aromatic rings. The number of carbonyl (C=O) groups is 2. The average Bonchev–Trinajstić information content (AvgIpc) is 3.10. The van der Waals surface area contributed by atoms with Crippen molar-refractivity contribution in [2.75, 3.05) is 33.0 Å². The number of carboxylic acid groups (broad SMARTS) is 2. The van der Waals surface area contributed by atoms with Gasteiger partial charge in [-0.1, -0.05) is 0 Å². The van der Waals surface area contributed by atoms with Crippen molar-refractivity contribution in [3.8, 4) is 0 Å². The molecule has 33 heavy (non-hydrogen) atoms. The number of hydrogen-bond donors (Lipinski definition) is 3. The maximum atomic E-state index is 10.6. The molecule has 1 atom stereocenters. The molecular formula is C18H25F6N3O6. The standard InChI is InChI=1S/C14H23N3O2.2C2HF3O2/c1-17-10-16-13-7-15-6-12(14(13)17)9-19-8-11-2-4-18-5-3-11;2*3-2(4,5)1(6)7/h10-12,15H,2-9H2,1H3;2*(H,6,7). The number of nitrogens with zero attached hydrogens (tertiary/aromatic N) is 2. The summed E-state index contributed by atoms with van der Waals surface area (Å²) in [7, 11) is 2.07. The quantitative estimate of drug-likeness (QED) is 0.547. The van der Waals surface area contributed by atoms with Crippen LogP contribution >= 0.6 is 0 Å². The van der Waals surface area contributed by atoms with Crippen LogP contribution in [0.5, 0.6) is 0 Å². The zero-order valence-corrected chi connectivity index (χ0v) is 17.6. The zero-order chi connectivity index (χ0) is 25.2. The van der Waals surface area contributed by atoms with Crippen molar-refractivity contribution in [2.24, 2.45) is 13.0 Å². The van der Waals surface area contributed by atoms with E-state index in [9.17, 15) is 26.3 Å². The van der Waals surface area contributed by atoms with Crippen LogP contribution < -0.4 is 5.32 Å². The Hall–Kier alpha value is -2.39. The molecule has 0 saturated carbocycles. The van der Waals surface area contributed by atoms with Gasteiger partial charge in [-0.2, -0.15) is 26.3 Å². The first-order valence-electron chi connectivity index (χ1n) is 9.70. The van der Waals surface area contributed by atoms with Crippen LogP contribution in [-0.2, 0) is 32.7 Å². The summed E-state index contributed by atoms with van der Waals surface area (Å²) in [6.45, 7) is 5.31. The van der Waals surface area contributed by atoms with E-state index in [1.54, 1.807) is 0 Å². The summed E-state index contributed by atoms with van der Waals surface area (Å²) in [5.74, 6) is -4.41. The Morgan fingerprint density at radius 2 is 1.64 bits per heavy atom. The van der Waals surface area contributed by atoms with E-state index in [1.807, 2.05) is 6.33 Å². The van der Waals surface area contributed by atoms with Gasteiger partial charge in [-0.05, 0) is 18.8 Å². The fourth-order valence-electron chi connectivity index (χ4n) is 3.04. The third-order valence-electron chi connectivity index (χ3n) is 4.63. The van der Waals surface area contributed by atoms with Crippen molar-refractivity contribution in [2.45, 2.75) is 37.7 Å². The number of ether oxygens (including phenoxy) is 2. The van der Waals surface area contributed by atoms with E-state index in [2.05, 4.69) is 21.9 Å². The van der Waals surface area contributed by atoms with Gasteiger partial charge in [0, 0.05) is 51.6 Å².